The molecular weight excluding hydrogens is 279 g/mol. The zero-order chi connectivity index (χ0) is 14.1. The molecule has 20 heavy (non-hydrogen) atoms. The predicted molar refractivity (Wildman–Crippen MR) is 75.1 cm³/mol. The summed E-state index contributed by atoms with van der Waals surface area (Å²) in [5.74, 6) is 0.205. The normalized spacial score (nSPS) is 11.1. The van der Waals surface area contributed by atoms with Gasteiger partial charge in [0.05, 0.1) is 6.33 Å². The van der Waals surface area contributed by atoms with Gasteiger partial charge in [-0.2, -0.15) is 0 Å². The standard InChI is InChI=1S/C13H11FN4OS/c1-18-11-10(12(19)16-7-15-11)17-13(18)20-6-8-4-2-3-5-9(8)14/h2-5,7H,6H2,1H3,(H,15,16,19). The molecule has 0 unspecified atom stereocenters. The number of thioether (sulfide) groups is 1. The van der Waals surface area contributed by atoms with Crippen LogP contribution in [0.15, 0.2) is 40.5 Å². The first kappa shape index (κ1) is 12.9. The van der Waals surface area contributed by atoms with E-state index in [0.717, 1.165) is 0 Å². The van der Waals surface area contributed by atoms with Crippen LogP contribution < -0.4 is 5.56 Å². The van der Waals surface area contributed by atoms with E-state index in [1.165, 1.54) is 24.2 Å². The van der Waals surface area contributed by atoms with Crippen molar-refractivity contribution in [1.82, 2.24) is 19.5 Å². The Labute approximate surface area is 117 Å². The second-order valence-corrected chi connectivity index (χ2v) is 5.18. The maximum atomic E-state index is 13.6. The molecule has 0 saturated carbocycles. The van der Waals surface area contributed by atoms with Gasteiger partial charge in [0.25, 0.3) is 5.56 Å². The molecule has 1 aromatic carbocycles. The number of imidazole rings is 1. The van der Waals surface area contributed by atoms with Gasteiger partial charge in [-0.15, -0.1) is 0 Å². The van der Waals surface area contributed by atoms with Crippen molar-refractivity contribution in [3.63, 3.8) is 0 Å². The summed E-state index contributed by atoms with van der Waals surface area (Å²) in [5.41, 5.74) is 1.14. The fourth-order valence-corrected chi connectivity index (χ4v) is 2.83. The second-order valence-electron chi connectivity index (χ2n) is 4.24. The molecule has 1 N–H and O–H groups in total. The third kappa shape index (κ3) is 2.20. The van der Waals surface area contributed by atoms with Crippen LogP contribution in [-0.4, -0.2) is 19.5 Å². The zero-order valence-corrected chi connectivity index (χ0v) is 11.4. The Morgan fingerprint density at radius 2 is 2.20 bits per heavy atom. The number of nitrogens with zero attached hydrogens (tertiary/aromatic N) is 3. The molecule has 0 aliphatic carbocycles. The molecule has 0 aliphatic rings. The number of H-pyrrole nitrogens is 1. The summed E-state index contributed by atoms with van der Waals surface area (Å²) in [6, 6.07) is 6.61. The lowest BCUT2D eigenvalue weighted by Gasteiger charge is -2.03. The second kappa shape index (κ2) is 5.09. The minimum absolute atomic E-state index is 0.241. The topological polar surface area (TPSA) is 63.6 Å². The summed E-state index contributed by atoms with van der Waals surface area (Å²) in [4.78, 5) is 22.5. The summed E-state index contributed by atoms with van der Waals surface area (Å²) >= 11 is 1.37. The first-order valence-corrected chi connectivity index (χ1v) is 6.91. The average Bonchev–Trinajstić information content (AvgIpc) is 2.77. The summed E-state index contributed by atoms with van der Waals surface area (Å²) < 4.78 is 15.3. The molecule has 0 saturated heterocycles. The lowest BCUT2D eigenvalue weighted by atomic mass is 10.2. The quantitative estimate of drug-likeness (QED) is 0.750. The van der Waals surface area contributed by atoms with Crippen molar-refractivity contribution in [1.29, 1.82) is 0 Å². The van der Waals surface area contributed by atoms with Crippen LogP contribution in [0.4, 0.5) is 4.39 Å². The van der Waals surface area contributed by atoms with E-state index < -0.39 is 0 Å². The van der Waals surface area contributed by atoms with Gasteiger partial charge in [-0.25, -0.2) is 14.4 Å². The Morgan fingerprint density at radius 1 is 1.40 bits per heavy atom. The third-order valence-electron chi connectivity index (χ3n) is 2.94. The van der Waals surface area contributed by atoms with E-state index in [4.69, 9.17) is 0 Å². The number of halogens is 1. The highest BCUT2D eigenvalue weighted by molar-refractivity contribution is 7.98. The summed E-state index contributed by atoms with van der Waals surface area (Å²) in [6.45, 7) is 0. The fourth-order valence-electron chi connectivity index (χ4n) is 1.88. The predicted octanol–water partition coefficient (Wildman–Crippen LogP) is 2.09. The van der Waals surface area contributed by atoms with E-state index in [-0.39, 0.29) is 11.4 Å². The van der Waals surface area contributed by atoms with Crippen molar-refractivity contribution in [2.75, 3.05) is 0 Å². The number of aromatic amines is 1. The number of hydrogen-bond donors (Lipinski definition) is 1. The third-order valence-corrected chi connectivity index (χ3v) is 4.01. The highest BCUT2D eigenvalue weighted by Crippen LogP contribution is 2.24. The van der Waals surface area contributed by atoms with Crippen LogP contribution in [0, 0.1) is 5.82 Å². The number of rotatable bonds is 3. The molecule has 0 atom stereocenters. The molecule has 0 amide bonds. The van der Waals surface area contributed by atoms with E-state index in [1.54, 1.807) is 29.8 Å². The molecule has 0 aliphatic heterocycles. The minimum atomic E-state index is -0.275. The zero-order valence-electron chi connectivity index (χ0n) is 10.6. The van der Waals surface area contributed by atoms with Crippen LogP contribution >= 0.6 is 11.8 Å². The smallest absolute Gasteiger partial charge is 0.278 e. The maximum absolute atomic E-state index is 13.6. The fraction of sp³-hybridized carbons (Fsp3) is 0.154. The summed E-state index contributed by atoms with van der Waals surface area (Å²) in [5, 5.41) is 0.632. The van der Waals surface area contributed by atoms with Gasteiger partial charge in [-0.1, -0.05) is 30.0 Å². The first-order valence-electron chi connectivity index (χ1n) is 5.93. The highest BCUT2D eigenvalue weighted by Gasteiger charge is 2.12. The Balaban J connectivity index is 1.92. The van der Waals surface area contributed by atoms with E-state index in [0.29, 0.717) is 27.6 Å². The lowest BCUT2D eigenvalue weighted by Crippen LogP contribution is -2.06. The highest BCUT2D eigenvalue weighted by atomic mass is 32.2. The van der Waals surface area contributed by atoms with Crippen LogP contribution in [0.25, 0.3) is 11.2 Å². The average molecular weight is 290 g/mol. The number of fused-ring (bicyclic) bond motifs is 1. The van der Waals surface area contributed by atoms with Crippen LogP contribution in [0.1, 0.15) is 5.56 Å². The van der Waals surface area contributed by atoms with Gasteiger partial charge in [0.1, 0.15) is 5.82 Å². The van der Waals surface area contributed by atoms with Crippen molar-refractivity contribution in [3.05, 3.63) is 52.3 Å². The molecule has 7 heteroatoms. The number of nitrogens with one attached hydrogen (secondary N) is 1. The summed E-state index contributed by atoms with van der Waals surface area (Å²) in [7, 11) is 1.78. The Kier molecular flexibility index (Phi) is 3.27. The van der Waals surface area contributed by atoms with Crippen LogP contribution in [-0.2, 0) is 12.8 Å². The molecular formula is C13H11FN4OS. The van der Waals surface area contributed by atoms with Crippen LogP contribution in [0.2, 0.25) is 0 Å². The van der Waals surface area contributed by atoms with Gasteiger partial charge in [-0.3, -0.25) is 4.79 Å². The molecule has 5 nitrogen and oxygen atoms in total. The van der Waals surface area contributed by atoms with Gasteiger partial charge in [-0.05, 0) is 11.6 Å². The SMILES string of the molecule is Cn1c(SCc2ccccc2F)nc2c(=O)[nH]cnc21. The molecule has 102 valence electrons. The van der Waals surface area contributed by atoms with Crippen molar-refractivity contribution >= 4 is 22.9 Å². The van der Waals surface area contributed by atoms with Crippen LogP contribution in [0.5, 0.6) is 0 Å². The molecule has 0 bridgehead atoms. The maximum Gasteiger partial charge on any atom is 0.278 e. The minimum Gasteiger partial charge on any atom is -0.311 e. The largest absolute Gasteiger partial charge is 0.311 e. The van der Waals surface area contributed by atoms with E-state index in [9.17, 15) is 9.18 Å². The molecule has 2 aromatic heterocycles. The molecule has 0 radical (unpaired) electrons. The van der Waals surface area contributed by atoms with Gasteiger partial charge >= 0.3 is 0 Å². The lowest BCUT2D eigenvalue weighted by molar-refractivity contribution is 0.617. The number of aryl methyl sites for hydroxylation is 1. The molecule has 0 spiro atoms. The van der Waals surface area contributed by atoms with E-state index >= 15 is 0 Å². The van der Waals surface area contributed by atoms with E-state index in [1.807, 2.05) is 0 Å². The summed E-state index contributed by atoms with van der Waals surface area (Å²) in [6.07, 6.45) is 1.34. The van der Waals surface area contributed by atoms with Crippen LogP contribution in [0.3, 0.4) is 0 Å². The molecule has 3 rings (SSSR count). The first-order chi connectivity index (χ1) is 9.66. The van der Waals surface area contributed by atoms with Crippen molar-refractivity contribution in [2.24, 2.45) is 7.05 Å². The van der Waals surface area contributed by atoms with Crippen molar-refractivity contribution in [3.8, 4) is 0 Å². The molecule has 3 aromatic rings. The van der Waals surface area contributed by atoms with Crippen molar-refractivity contribution in [2.45, 2.75) is 10.9 Å². The Bertz CT molecular complexity index is 827. The monoisotopic (exact) mass is 290 g/mol. The molecule has 2 heterocycles. The Hall–Kier alpha value is -2.15. The number of hydrogen-bond acceptors (Lipinski definition) is 4. The Morgan fingerprint density at radius 3 is 2.95 bits per heavy atom. The van der Waals surface area contributed by atoms with Gasteiger partial charge in [0, 0.05) is 12.8 Å². The number of benzene rings is 1. The van der Waals surface area contributed by atoms with Gasteiger partial charge < -0.3 is 9.55 Å². The number of aromatic nitrogens is 4. The molecule has 0 fully saturated rings. The van der Waals surface area contributed by atoms with Crippen molar-refractivity contribution < 1.29 is 4.39 Å². The van der Waals surface area contributed by atoms with Gasteiger partial charge in [0.15, 0.2) is 16.3 Å². The van der Waals surface area contributed by atoms with Gasteiger partial charge in [0.2, 0.25) is 0 Å². The van der Waals surface area contributed by atoms with E-state index in [2.05, 4.69) is 15.0 Å².